The van der Waals surface area contributed by atoms with E-state index in [1.165, 1.54) is 23.5 Å². The van der Waals surface area contributed by atoms with Gasteiger partial charge in [0.15, 0.2) is 0 Å². The Balaban J connectivity index is 1.16. The van der Waals surface area contributed by atoms with Gasteiger partial charge in [0.05, 0.1) is 16.5 Å². The number of piperidine rings is 1. The lowest BCUT2D eigenvalue weighted by molar-refractivity contribution is 0.0595. The average Bonchev–Trinajstić information content (AvgIpc) is 3.43. The molecule has 1 aliphatic rings. The molecule has 3 heterocycles. The number of rotatable bonds is 5. The summed E-state index contributed by atoms with van der Waals surface area (Å²) in [6.45, 7) is 2.01. The third-order valence-electron chi connectivity index (χ3n) is 5.45. The smallest absolute Gasteiger partial charge is 0.274 e. The van der Waals surface area contributed by atoms with Crippen molar-refractivity contribution in [2.45, 2.75) is 25.5 Å². The molecule has 158 valence electrons. The van der Waals surface area contributed by atoms with Crippen LogP contribution in [0.1, 0.15) is 28.8 Å². The lowest BCUT2D eigenvalue weighted by Crippen LogP contribution is -2.41. The first-order valence-corrected chi connectivity index (χ1v) is 11.0. The Hall–Kier alpha value is -3.26. The van der Waals surface area contributed by atoms with Gasteiger partial charge in [-0.3, -0.25) is 4.79 Å². The fourth-order valence-corrected chi connectivity index (χ4v) is 4.68. The van der Waals surface area contributed by atoms with E-state index in [-0.39, 0.29) is 17.8 Å². The molecule has 0 saturated carbocycles. The molecule has 1 fully saturated rings. The molecule has 31 heavy (non-hydrogen) atoms. The fraction of sp³-hybridized carbons (Fsp3) is 0.261. The third kappa shape index (κ3) is 4.44. The first kappa shape index (κ1) is 19.7. The van der Waals surface area contributed by atoms with Gasteiger partial charge < -0.3 is 14.2 Å². The number of hydrogen-bond donors (Lipinski definition) is 0. The Bertz CT molecular complexity index is 1180. The fourth-order valence-electron chi connectivity index (χ4n) is 3.77. The van der Waals surface area contributed by atoms with Crippen LogP contribution in [0.3, 0.4) is 0 Å². The molecule has 5 rings (SSSR count). The molecule has 1 saturated heterocycles. The number of fused-ring (bicyclic) bond motifs is 1. The molecule has 1 amide bonds. The van der Waals surface area contributed by atoms with Gasteiger partial charge >= 0.3 is 0 Å². The van der Waals surface area contributed by atoms with Gasteiger partial charge in [0.25, 0.3) is 11.1 Å². The number of nitrogens with zero attached hydrogens (tertiary/aromatic N) is 4. The predicted octanol–water partition coefficient (Wildman–Crippen LogP) is 4.36. The van der Waals surface area contributed by atoms with Crippen LogP contribution in [0.25, 0.3) is 10.2 Å². The number of likely N-dealkylation sites (tertiary alicyclic amines) is 1. The molecule has 0 aliphatic carbocycles. The van der Waals surface area contributed by atoms with E-state index in [0.29, 0.717) is 23.8 Å². The maximum atomic E-state index is 13.4. The second kappa shape index (κ2) is 8.47. The highest BCUT2D eigenvalue weighted by atomic mass is 32.1. The number of halogens is 1. The number of thiazole rings is 1. The summed E-state index contributed by atoms with van der Waals surface area (Å²) in [4.78, 5) is 23.2. The van der Waals surface area contributed by atoms with Gasteiger partial charge in [0.1, 0.15) is 11.9 Å². The van der Waals surface area contributed by atoms with Gasteiger partial charge in [-0.05, 0) is 35.9 Å². The summed E-state index contributed by atoms with van der Waals surface area (Å²) in [5.74, 6) is -0.229. The van der Waals surface area contributed by atoms with Gasteiger partial charge in [0.2, 0.25) is 0 Å². The maximum Gasteiger partial charge on any atom is 0.274 e. The number of hydrogen-bond acceptors (Lipinski definition) is 5. The zero-order chi connectivity index (χ0) is 21.2. The SMILES string of the molecule is O=C(c1ccc(Cn2ccnc2)cc1)N1CCC(Oc2nc3ccc(F)cc3s2)CC1. The van der Waals surface area contributed by atoms with Gasteiger partial charge in [-0.25, -0.2) is 14.4 Å². The molecule has 6 nitrogen and oxygen atoms in total. The molecular formula is C23H21FN4O2S. The molecular weight excluding hydrogens is 415 g/mol. The van der Waals surface area contributed by atoms with Crippen LogP contribution in [-0.2, 0) is 6.54 Å². The van der Waals surface area contributed by atoms with Crippen molar-refractivity contribution in [1.82, 2.24) is 19.4 Å². The van der Waals surface area contributed by atoms with E-state index in [1.807, 2.05) is 39.9 Å². The Morgan fingerprint density at radius 2 is 1.97 bits per heavy atom. The number of imidazole rings is 1. The Morgan fingerprint density at radius 1 is 1.16 bits per heavy atom. The van der Waals surface area contributed by atoms with Gasteiger partial charge in [-0.1, -0.05) is 23.5 Å². The summed E-state index contributed by atoms with van der Waals surface area (Å²) in [5, 5.41) is 0.554. The van der Waals surface area contributed by atoms with E-state index in [1.54, 1.807) is 18.6 Å². The highest BCUT2D eigenvalue weighted by Gasteiger charge is 2.25. The standard InChI is InChI=1S/C23H21FN4O2S/c24-18-5-6-20-21(13-18)31-23(26-20)30-19-7-10-28(11-8-19)22(29)17-3-1-16(2-4-17)14-27-12-9-25-15-27/h1-6,9,12-13,15,19H,7-8,10-11,14H2. The van der Waals surface area contributed by atoms with Crippen LogP contribution < -0.4 is 4.74 Å². The quantitative estimate of drug-likeness (QED) is 0.466. The molecule has 0 bridgehead atoms. The summed E-state index contributed by atoms with van der Waals surface area (Å²) in [5.41, 5.74) is 2.56. The predicted molar refractivity (Wildman–Crippen MR) is 117 cm³/mol. The van der Waals surface area contributed by atoms with Gasteiger partial charge in [-0.15, -0.1) is 0 Å². The minimum absolute atomic E-state index is 0.00650. The van der Waals surface area contributed by atoms with Crippen molar-refractivity contribution in [1.29, 1.82) is 0 Å². The summed E-state index contributed by atoms with van der Waals surface area (Å²) < 4.78 is 22.2. The van der Waals surface area contributed by atoms with Crippen LogP contribution in [-0.4, -0.2) is 44.5 Å². The maximum absolute atomic E-state index is 13.4. The van der Waals surface area contributed by atoms with E-state index in [4.69, 9.17) is 4.74 Å². The molecule has 0 spiro atoms. The van der Waals surface area contributed by atoms with Crippen LogP contribution in [0, 0.1) is 5.82 Å². The lowest BCUT2D eigenvalue weighted by Gasteiger charge is -2.31. The summed E-state index contributed by atoms with van der Waals surface area (Å²) in [6, 6.07) is 12.3. The summed E-state index contributed by atoms with van der Waals surface area (Å²) >= 11 is 1.35. The zero-order valence-corrected chi connectivity index (χ0v) is 17.6. The Labute approximate surface area is 182 Å². The summed E-state index contributed by atoms with van der Waals surface area (Å²) in [6.07, 6.45) is 6.94. The highest BCUT2D eigenvalue weighted by Crippen LogP contribution is 2.30. The first-order valence-electron chi connectivity index (χ1n) is 10.2. The van der Waals surface area contributed by atoms with Crippen molar-refractivity contribution in [2.24, 2.45) is 0 Å². The van der Waals surface area contributed by atoms with E-state index in [0.717, 1.165) is 35.2 Å². The number of carbonyl (C=O) groups excluding carboxylic acids is 1. The van der Waals surface area contributed by atoms with Gasteiger partial charge in [-0.2, -0.15) is 0 Å². The molecule has 1 aliphatic heterocycles. The van der Waals surface area contributed by atoms with Crippen LogP contribution in [0.15, 0.2) is 61.2 Å². The number of aromatic nitrogens is 3. The Kier molecular flexibility index (Phi) is 5.38. The largest absolute Gasteiger partial charge is 0.467 e. The molecule has 2 aromatic carbocycles. The molecule has 0 radical (unpaired) electrons. The second-order valence-corrected chi connectivity index (χ2v) is 8.63. The monoisotopic (exact) mass is 436 g/mol. The second-order valence-electron chi connectivity index (χ2n) is 7.63. The third-order valence-corrected chi connectivity index (χ3v) is 6.36. The topological polar surface area (TPSA) is 60.2 Å². The molecule has 4 aromatic rings. The number of ether oxygens (including phenoxy) is 1. The zero-order valence-electron chi connectivity index (χ0n) is 16.8. The molecule has 0 atom stereocenters. The van der Waals surface area contributed by atoms with Gasteiger partial charge in [0, 0.05) is 50.4 Å². The lowest BCUT2D eigenvalue weighted by atomic mass is 10.1. The molecule has 0 unspecified atom stereocenters. The van der Waals surface area contributed by atoms with Crippen molar-refractivity contribution in [3.8, 4) is 5.19 Å². The molecule has 0 N–H and O–H groups in total. The number of benzene rings is 2. The minimum atomic E-state index is -0.274. The van der Waals surface area contributed by atoms with Crippen molar-refractivity contribution in [3.63, 3.8) is 0 Å². The first-order chi connectivity index (χ1) is 15.1. The van der Waals surface area contributed by atoms with Crippen molar-refractivity contribution in [3.05, 3.63) is 78.1 Å². The number of amides is 1. The average molecular weight is 437 g/mol. The van der Waals surface area contributed by atoms with E-state index in [9.17, 15) is 9.18 Å². The van der Waals surface area contributed by atoms with E-state index < -0.39 is 0 Å². The van der Waals surface area contributed by atoms with Crippen molar-refractivity contribution >= 4 is 27.5 Å². The van der Waals surface area contributed by atoms with Crippen LogP contribution in [0.5, 0.6) is 5.19 Å². The minimum Gasteiger partial charge on any atom is -0.467 e. The van der Waals surface area contributed by atoms with Crippen LogP contribution >= 0.6 is 11.3 Å². The van der Waals surface area contributed by atoms with Crippen molar-refractivity contribution in [2.75, 3.05) is 13.1 Å². The normalized spacial score (nSPS) is 14.8. The highest BCUT2D eigenvalue weighted by molar-refractivity contribution is 7.20. The van der Waals surface area contributed by atoms with Crippen molar-refractivity contribution < 1.29 is 13.9 Å². The number of carbonyl (C=O) groups is 1. The summed E-state index contributed by atoms with van der Waals surface area (Å²) in [7, 11) is 0. The van der Waals surface area contributed by atoms with Crippen LogP contribution in [0.2, 0.25) is 0 Å². The molecule has 2 aromatic heterocycles. The molecule has 8 heteroatoms. The van der Waals surface area contributed by atoms with E-state index in [2.05, 4.69) is 9.97 Å². The van der Waals surface area contributed by atoms with E-state index >= 15 is 0 Å². The van der Waals surface area contributed by atoms with Crippen LogP contribution in [0.4, 0.5) is 4.39 Å². The Morgan fingerprint density at radius 3 is 2.71 bits per heavy atom.